The highest BCUT2D eigenvalue weighted by Gasteiger charge is 2.22. The highest BCUT2D eigenvalue weighted by molar-refractivity contribution is 7.10. The number of Topliss-reactive ketones (excluding diaryl/α,β-unsaturated/α-hetero) is 1. The van der Waals surface area contributed by atoms with Crippen LogP contribution < -0.4 is 0 Å². The third-order valence-electron chi connectivity index (χ3n) is 4.35. The number of hydrogen-bond donors (Lipinski definition) is 1. The summed E-state index contributed by atoms with van der Waals surface area (Å²) in [4.78, 5) is 23.0. The molecule has 112 valence electrons. The molecule has 0 atom stereocenters. The van der Waals surface area contributed by atoms with Crippen LogP contribution in [0.3, 0.4) is 0 Å². The molecule has 0 saturated heterocycles. The molecule has 0 saturated carbocycles. The molecule has 5 heteroatoms. The van der Waals surface area contributed by atoms with Gasteiger partial charge in [-0.2, -0.15) is 0 Å². The Bertz CT molecular complexity index is 849. The van der Waals surface area contributed by atoms with Crippen molar-refractivity contribution >= 4 is 28.2 Å². The quantitative estimate of drug-likeness (QED) is 0.754. The van der Waals surface area contributed by atoms with E-state index in [1.54, 1.807) is 18.3 Å². The van der Waals surface area contributed by atoms with Gasteiger partial charge in [0.15, 0.2) is 5.78 Å². The molecular formula is C17H17N3OS. The molecule has 0 spiro atoms. The molecular weight excluding hydrogens is 294 g/mol. The van der Waals surface area contributed by atoms with Crippen molar-refractivity contribution in [2.24, 2.45) is 0 Å². The summed E-state index contributed by atoms with van der Waals surface area (Å²) in [5.41, 5.74) is 4.45. The van der Waals surface area contributed by atoms with Gasteiger partial charge in [-0.25, -0.2) is 4.98 Å². The first-order valence-corrected chi connectivity index (χ1v) is 8.34. The Balaban J connectivity index is 1.58. The van der Waals surface area contributed by atoms with E-state index in [-0.39, 0.29) is 5.78 Å². The predicted molar refractivity (Wildman–Crippen MR) is 88.2 cm³/mol. The van der Waals surface area contributed by atoms with E-state index in [1.807, 2.05) is 17.8 Å². The Morgan fingerprint density at radius 2 is 2.36 bits per heavy atom. The van der Waals surface area contributed by atoms with Crippen LogP contribution in [0, 0.1) is 0 Å². The molecule has 1 N–H and O–H groups in total. The molecule has 0 aromatic carbocycles. The van der Waals surface area contributed by atoms with Crippen molar-refractivity contribution in [1.29, 1.82) is 0 Å². The Morgan fingerprint density at radius 1 is 1.45 bits per heavy atom. The summed E-state index contributed by atoms with van der Waals surface area (Å²) in [6.45, 7) is 4.51. The van der Waals surface area contributed by atoms with E-state index in [1.165, 1.54) is 21.4 Å². The van der Waals surface area contributed by atoms with E-state index >= 15 is 0 Å². The lowest BCUT2D eigenvalue weighted by molar-refractivity contribution is 0.101. The molecule has 1 aliphatic heterocycles. The summed E-state index contributed by atoms with van der Waals surface area (Å²) in [6, 6.07) is 4.19. The van der Waals surface area contributed by atoms with E-state index < -0.39 is 0 Å². The number of hydrogen-bond acceptors (Lipinski definition) is 4. The van der Waals surface area contributed by atoms with Crippen LogP contribution in [-0.2, 0) is 19.5 Å². The van der Waals surface area contributed by atoms with Gasteiger partial charge in [0.25, 0.3) is 0 Å². The van der Waals surface area contributed by atoms with E-state index in [2.05, 4.69) is 27.0 Å². The minimum Gasteiger partial charge on any atom is -0.346 e. The number of nitrogens with zero attached hydrogens (tertiary/aromatic N) is 2. The predicted octanol–water partition coefficient (Wildman–Crippen LogP) is 3.39. The van der Waals surface area contributed by atoms with Crippen LogP contribution in [0.2, 0.25) is 0 Å². The molecule has 0 aliphatic carbocycles. The monoisotopic (exact) mass is 311 g/mol. The van der Waals surface area contributed by atoms with Gasteiger partial charge in [0.05, 0.1) is 0 Å². The fraction of sp³-hybridized carbons (Fsp3) is 0.294. The summed E-state index contributed by atoms with van der Waals surface area (Å²) in [6.07, 6.45) is 4.77. The molecule has 0 radical (unpaired) electrons. The number of rotatable bonds is 3. The van der Waals surface area contributed by atoms with E-state index in [0.717, 1.165) is 37.3 Å². The number of carbonyl (C=O) groups excluding carboxylic acids is 1. The molecule has 4 nitrogen and oxygen atoms in total. The van der Waals surface area contributed by atoms with Gasteiger partial charge in [0, 0.05) is 53.2 Å². The van der Waals surface area contributed by atoms with Crippen LogP contribution >= 0.6 is 11.3 Å². The number of H-pyrrole nitrogens is 1. The van der Waals surface area contributed by atoms with Gasteiger partial charge in [-0.1, -0.05) is 0 Å². The topological polar surface area (TPSA) is 49.0 Å². The standard InChI is InChI=1S/C17H17N3OS/c1-11(21)15-10-22-16-9-20(7-4-14(15)16)8-12-2-5-18-17-13(12)3-6-19-17/h2-3,5-6,10H,4,7-9H2,1H3,(H,18,19). The highest BCUT2D eigenvalue weighted by atomic mass is 32.1. The number of ketones is 1. The Labute approximate surface area is 132 Å². The summed E-state index contributed by atoms with van der Waals surface area (Å²) >= 11 is 1.72. The van der Waals surface area contributed by atoms with Crippen LogP contribution in [0.5, 0.6) is 0 Å². The summed E-state index contributed by atoms with van der Waals surface area (Å²) in [5, 5.41) is 3.22. The maximum absolute atomic E-state index is 11.7. The molecule has 4 rings (SSSR count). The van der Waals surface area contributed by atoms with Crippen molar-refractivity contribution in [2.45, 2.75) is 26.4 Å². The smallest absolute Gasteiger partial charge is 0.160 e. The minimum atomic E-state index is 0.189. The van der Waals surface area contributed by atoms with Crippen LogP contribution in [0.15, 0.2) is 29.9 Å². The molecule has 0 unspecified atom stereocenters. The van der Waals surface area contributed by atoms with Gasteiger partial charge in [-0.3, -0.25) is 9.69 Å². The lowest BCUT2D eigenvalue weighted by Gasteiger charge is -2.27. The van der Waals surface area contributed by atoms with E-state index in [0.29, 0.717) is 0 Å². The van der Waals surface area contributed by atoms with Crippen molar-refractivity contribution in [2.75, 3.05) is 6.54 Å². The molecule has 1 aliphatic rings. The third-order valence-corrected chi connectivity index (χ3v) is 5.36. The second kappa shape index (κ2) is 5.34. The van der Waals surface area contributed by atoms with Crippen molar-refractivity contribution in [3.05, 3.63) is 51.5 Å². The number of aromatic amines is 1. The average Bonchev–Trinajstić information content (AvgIpc) is 3.13. The van der Waals surface area contributed by atoms with Crippen molar-refractivity contribution in [3.8, 4) is 0 Å². The Morgan fingerprint density at radius 3 is 3.23 bits per heavy atom. The second-order valence-corrected chi connectivity index (χ2v) is 6.74. The van der Waals surface area contributed by atoms with Crippen LogP contribution in [0.1, 0.15) is 33.3 Å². The number of thiophene rings is 1. The molecule has 0 fully saturated rings. The maximum atomic E-state index is 11.7. The number of carbonyl (C=O) groups is 1. The zero-order valence-electron chi connectivity index (χ0n) is 12.4. The first kappa shape index (κ1) is 13.7. The van der Waals surface area contributed by atoms with Gasteiger partial charge in [-0.15, -0.1) is 11.3 Å². The van der Waals surface area contributed by atoms with Crippen LogP contribution in [0.25, 0.3) is 11.0 Å². The maximum Gasteiger partial charge on any atom is 0.160 e. The average molecular weight is 311 g/mol. The van der Waals surface area contributed by atoms with Crippen molar-refractivity contribution in [1.82, 2.24) is 14.9 Å². The molecule has 0 bridgehead atoms. The van der Waals surface area contributed by atoms with Crippen LogP contribution in [-0.4, -0.2) is 27.2 Å². The van der Waals surface area contributed by atoms with Crippen LogP contribution in [0.4, 0.5) is 0 Å². The highest BCUT2D eigenvalue weighted by Crippen LogP contribution is 2.30. The summed E-state index contributed by atoms with van der Waals surface area (Å²) in [5.74, 6) is 0.189. The third kappa shape index (κ3) is 2.26. The number of aromatic nitrogens is 2. The number of pyridine rings is 1. The van der Waals surface area contributed by atoms with Gasteiger partial charge < -0.3 is 4.98 Å². The SMILES string of the molecule is CC(=O)c1csc2c1CCN(Cc1ccnc3[nH]ccc13)C2. The van der Waals surface area contributed by atoms with E-state index in [9.17, 15) is 4.79 Å². The molecule has 4 heterocycles. The zero-order chi connectivity index (χ0) is 15.1. The molecule has 3 aromatic heterocycles. The normalized spacial score (nSPS) is 15.1. The van der Waals surface area contributed by atoms with E-state index in [4.69, 9.17) is 0 Å². The zero-order valence-corrected chi connectivity index (χ0v) is 13.2. The Kier molecular flexibility index (Phi) is 3.32. The van der Waals surface area contributed by atoms with Gasteiger partial charge in [0.1, 0.15) is 5.65 Å². The second-order valence-electron chi connectivity index (χ2n) is 5.78. The lowest BCUT2D eigenvalue weighted by atomic mass is 10.0. The lowest BCUT2D eigenvalue weighted by Crippen LogP contribution is -2.29. The largest absolute Gasteiger partial charge is 0.346 e. The molecule has 3 aromatic rings. The molecule has 0 amide bonds. The Hall–Kier alpha value is -1.98. The fourth-order valence-electron chi connectivity index (χ4n) is 3.21. The fourth-order valence-corrected chi connectivity index (χ4v) is 4.39. The minimum absolute atomic E-state index is 0.189. The van der Waals surface area contributed by atoms with Crippen molar-refractivity contribution in [3.63, 3.8) is 0 Å². The van der Waals surface area contributed by atoms with Gasteiger partial charge in [-0.05, 0) is 36.6 Å². The molecule has 22 heavy (non-hydrogen) atoms. The number of fused-ring (bicyclic) bond motifs is 2. The first-order valence-electron chi connectivity index (χ1n) is 7.46. The summed E-state index contributed by atoms with van der Waals surface area (Å²) < 4.78 is 0. The first-order chi connectivity index (χ1) is 10.7. The number of nitrogens with one attached hydrogen (secondary N) is 1. The van der Waals surface area contributed by atoms with Crippen molar-refractivity contribution < 1.29 is 4.79 Å². The van der Waals surface area contributed by atoms with Gasteiger partial charge >= 0.3 is 0 Å². The van der Waals surface area contributed by atoms with Gasteiger partial charge in [0.2, 0.25) is 0 Å². The summed E-state index contributed by atoms with van der Waals surface area (Å²) in [7, 11) is 0.